The van der Waals surface area contributed by atoms with Gasteiger partial charge in [-0.05, 0) is 87.0 Å². The van der Waals surface area contributed by atoms with Crippen molar-refractivity contribution in [2.45, 2.75) is 19.3 Å². The Bertz CT molecular complexity index is 4090. The second-order valence-electron chi connectivity index (χ2n) is 17.2. The third kappa shape index (κ3) is 6.00. The van der Waals surface area contributed by atoms with Crippen LogP contribution in [-0.2, 0) is 5.41 Å². The Labute approximate surface area is 387 Å². The van der Waals surface area contributed by atoms with E-state index in [0.717, 1.165) is 92.2 Å². The first-order valence-corrected chi connectivity index (χ1v) is 22.6. The molecular weight excluding hydrogens is 809 g/mol. The molecule has 9 aromatic carbocycles. The molecule has 0 atom stereocenters. The summed E-state index contributed by atoms with van der Waals surface area (Å²) in [7, 11) is 0. The average molecular weight is 854 g/mol. The smallest absolute Gasteiger partial charge is 0.165 e. The van der Waals surface area contributed by atoms with Gasteiger partial charge in [-0.2, -0.15) is 0 Å². The van der Waals surface area contributed by atoms with Gasteiger partial charge < -0.3 is 4.57 Å². The van der Waals surface area contributed by atoms with Gasteiger partial charge in [-0.15, -0.1) is 11.3 Å². The monoisotopic (exact) mass is 853 g/mol. The van der Waals surface area contributed by atoms with Crippen molar-refractivity contribution in [2.24, 2.45) is 0 Å². The maximum atomic E-state index is 9.12. The molecule has 3 aromatic heterocycles. The zero-order valence-corrected chi connectivity index (χ0v) is 36.3. The van der Waals surface area contributed by atoms with Crippen LogP contribution < -0.4 is 0 Å². The number of hydrogen-bond acceptors (Lipinski definition) is 4. The minimum atomic E-state index is -0.481. The van der Waals surface area contributed by atoms with Crippen LogP contribution in [0, 0.1) is 0 Å². The second-order valence-corrected chi connectivity index (χ2v) is 18.3. The lowest BCUT2D eigenvalue weighted by Crippen LogP contribution is -2.15. The van der Waals surface area contributed by atoms with E-state index in [9.17, 15) is 0 Å². The van der Waals surface area contributed by atoms with E-state index in [0.29, 0.717) is 11.6 Å². The van der Waals surface area contributed by atoms with Gasteiger partial charge in [-0.3, -0.25) is 0 Å². The Morgan fingerprint density at radius 3 is 1.83 bits per heavy atom. The van der Waals surface area contributed by atoms with Crippen LogP contribution in [-0.4, -0.2) is 19.5 Å². The first kappa shape index (κ1) is 32.7. The molecular formula is C60H40N4S. The summed E-state index contributed by atoms with van der Waals surface area (Å²) in [6.07, 6.45) is 0. The fourth-order valence-corrected chi connectivity index (χ4v) is 11.2. The molecule has 0 unspecified atom stereocenters. The lowest BCUT2D eigenvalue weighted by molar-refractivity contribution is 0.660. The second kappa shape index (κ2) is 14.5. The van der Waals surface area contributed by atoms with Crippen LogP contribution in [0.25, 0.3) is 115 Å². The van der Waals surface area contributed by atoms with E-state index in [-0.39, 0.29) is 28.9 Å². The van der Waals surface area contributed by atoms with Gasteiger partial charge in [0.2, 0.25) is 0 Å². The van der Waals surface area contributed by atoms with E-state index < -0.39 is 18.1 Å². The number of aromatic nitrogens is 4. The van der Waals surface area contributed by atoms with Crippen LogP contribution in [0.1, 0.15) is 31.8 Å². The Balaban J connectivity index is 1.09. The largest absolute Gasteiger partial charge is 0.309 e. The molecule has 0 aliphatic heterocycles. The molecule has 0 bridgehead atoms. The van der Waals surface area contributed by atoms with Crippen molar-refractivity contribution in [3.63, 3.8) is 0 Å². The van der Waals surface area contributed by atoms with E-state index in [1.54, 1.807) is 11.3 Å². The molecule has 4 nitrogen and oxygen atoms in total. The molecule has 13 rings (SSSR count). The Kier molecular flexibility index (Phi) is 7.30. The summed E-state index contributed by atoms with van der Waals surface area (Å²) in [6, 6.07) is 59.5. The maximum Gasteiger partial charge on any atom is 0.165 e. The van der Waals surface area contributed by atoms with Crippen molar-refractivity contribution in [1.82, 2.24) is 19.5 Å². The van der Waals surface area contributed by atoms with Crippen molar-refractivity contribution in [3.05, 3.63) is 217 Å². The summed E-state index contributed by atoms with van der Waals surface area (Å²) in [4.78, 5) is 15.5. The summed E-state index contributed by atoms with van der Waals surface area (Å²) < 4.78 is 48.3. The van der Waals surface area contributed by atoms with Crippen LogP contribution in [0.4, 0.5) is 0 Å². The van der Waals surface area contributed by atoms with Gasteiger partial charge in [0, 0.05) is 58.7 Å². The normalized spacial score (nSPS) is 14.0. The highest BCUT2D eigenvalue weighted by atomic mass is 32.1. The van der Waals surface area contributed by atoms with E-state index in [1.165, 1.54) is 11.1 Å². The summed E-state index contributed by atoms with van der Waals surface area (Å²) >= 11 is 1.66. The van der Waals surface area contributed by atoms with Crippen molar-refractivity contribution >= 4 is 53.3 Å². The Morgan fingerprint density at radius 1 is 0.431 bits per heavy atom. The summed E-state index contributed by atoms with van der Waals surface area (Å²) in [6.45, 7) is 4.45. The first-order valence-electron chi connectivity index (χ1n) is 24.3. The van der Waals surface area contributed by atoms with Crippen LogP contribution >= 0.6 is 11.3 Å². The van der Waals surface area contributed by atoms with Crippen LogP contribution in [0.15, 0.2) is 206 Å². The van der Waals surface area contributed by atoms with E-state index in [1.807, 2.05) is 12.1 Å². The number of rotatable bonds is 6. The molecule has 65 heavy (non-hydrogen) atoms. The fourth-order valence-electron chi connectivity index (χ4n) is 9.99. The van der Waals surface area contributed by atoms with Crippen molar-refractivity contribution < 1.29 is 6.85 Å². The van der Waals surface area contributed by atoms with Crippen LogP contribution in [0.3, 0.4) is 0 Å². The van der Waals surface area contributed by atoms with Gasteiger partial charge >= 0.3 is 0 Å². The van der Waals surface area contributed by atoms with Crippen molar-refractivity contribution in [3.8, 4) is 73.2 Å². The molecule has 1 aliphatic rings. The first-order chi connectivity index (χ1) is 34.0. The van der Waals surface area contributed by atoms with Gasteiger partial charge in [0.25, 0.3) is 0 Å². The maximum absolute atomic E-state index is 9.12. The van der Waals surface area contributed by atoms with Crippen LogP contribution in [0.2, 0.25) is 0 Å². The fraction of sp³-hybridized carbons (Fsp3) is 0.0500. The number of hydrogen-bond donors (Lipinski definition) is 0. The molecule has 0 radical (unpaired) electrons. The zero-order chi connectivity index (χ0) is 47.6. The SMILES string of the molecule is [2H]c1c([2H])c([2H])c(-c2nc(-c3ccc4c(c3)C(C)(C)c3ccccc3-4)nc(-c3cc(-n4c5ccccc5c5ccccc54)cc4c3sc3cc(-c5cccc(-c6ccccc6)c5)ccc34)n2)c([2H])c1[2H]. The highest BCUT2D eigenvalue weighted by Crippen LogP contribution is 2.50. The molecule has 3 heterocycles. The third-order valence-electron chi connectivity index (χ3n) is 13.1. The highest BCUT2D eigenvalue weighted by molar-refractivity contribution is 7.26. The van der Waals surface area contributed by atoms with E-state index in [4.69, 9.17) is 21.8 Å². The number of benzene rings is 9. The Morgan fingerprint density at radius 2 is 1.05 bits per heavy atom. The quantitative estimate of drug-likeness (QED) is 0.167. The number of fused-ring (bicyclic) bond motifs is 9. The molecule has 0 spiro atoms. The Hall–Kier alpha value is -7.99. The molecule has 12 aromatic rings. The van der Waals surface area contributed by atoms with Crippen molar-refractivity contribution in [1.29, 1.82) is 0 Å². The van der Waals surface area contributed by atoms with Crippen LogP contribution in [0.5, 0.6) is 0 Å². The summed E-state index contributed by atoms with van der Waals surface area (Å²) in [5, 5.41) is 4.35. The molecule has 0 amide bonds. The van der Waals surface area contributed by atoms with E-state index in [2.05, 4.69) is 182 Å². The third-order valence-corrected chi connectivity index (χ3v) is 14.3. The number of thiophene rings is 1. The molecule has 0 fully saturated rings. The van der Waals surface area contributed by atoms with Gasteiger partial charge in [0.15, 0.2) is 17.5 Å². The minimum absolute atomic E-state index is 0.00263. The highest BCUT2D eigenvalue weighted by Gasteiger charge is 2.35. The summed E-state index contributed by atoms with van der Waals surface area (Å²) in [5.74, 6) is 0.653. The lowest BCUT2D eigenvalue weighted by atomic mass is 9.82. The molecule has 1 aliphatic carbocycles. The number of nitrogens with zero attached hydrogens (tertiary/aromatic N) is 4. The van der Waals surface area contributed by atoms with Crippen molar-refractivity contribution in [2.75, 3.05) is 0 Å². The molecule has 0 saturated carbocycles. The number of para-hydroxylation sites is 2. The predicted molar refractivity (Wildman–Crippen MR) is 272 cm³/mol. The van der Waals surface area contributed by atoms with Gasteiger partial charge in [-0.25, -0.2) is 15.0 Å². The zero-order valence-electron chi connectivity index (χ0n) is 40.4. The standard InChI is InChI=1S/C60H40N4S/c1-60(2)51-25-12-9-22-44(51)45-30-29-42(33-52(45)60)58-61-57(38-18-7-4-8-19-38)62-59(63-58)50-36-43(64-53-26-13-10-23-46(53)47-24-11-14-27-54(47)64)35-49-48-31-28-41(34-55(48)65-56(49)50)40-21-15-20-39(32-40)37-16-5-3-6-17-37/h3-36H,1-2H3/i4D,7D,8D,18D,19D. The van der Waals surface area contributed by atoms with Gasteiger partial charge in [-0.1, -0.05) is 178 Å². The topological polar surface area (TPSA) is 43.6 Å². The predicted octanol–water partition coefficient (Wildman–Crippen LogP) is 16.0. The average Bonchev–Trinajstić information content (AvgIpc) is 4.02. The lowest BCUT2D eigenvalue weighted by Gasteiger charge is -2.21. The molecule has 5 heteroatoms. The van der Waals surface area contributed by atoms with Gasteiger partial charge in [0.05, 0.1) is 17.9 Å². The minimum Gasteiger partial charge on any atom is -0.309 e. The van der Waals surface area contributed by atoms with Gasteiger partial charge in [0.1, 0.15) is 0 Å². The molecule has 306 valence electrons. The summed E-state index contributed by atoms with van der Waals surface area (Å²) in [5.41, 5.74) is 13.3. The molecule has 0 saturated heterocycles. The van der Waals surface area contributed by atoms with E-state index >= 15 is 0 Å². The molecule has 0 N–H and O–H groups in total.